The van der Waals surface area contributed by atoms with Gasteiger partial charge in [-0.1, -0.05) is 0 Å². The molecule has 4 saturated carbocycles. The molecule has 4 aliphatic carbocycles. The largest absolute Gasteiger partial charge is 0.465 e. The van der Waals surface area contributed by atoms with E-state index in [-0.39, 0.29) is 11.5 Å². The molecule has 150 valence electrons. The van der Waals surface area contributed by atoms with Gasteiger partial charge in [-0.2, -0.15) is 0 Å². The van der Waals surface area contributed by atoms with Gasteiger partial charge in [0.1, 0.15) is 5.65 Å². The molecule has 6 nitrogen and oxygen atoms in total. The molecule has 1 N–H and O–H groups in total. The summed E-state index contributed by atoms with van der Waals surface area (Å²) in [6, 6.07) is 5.52. The van der Waals surface area contributed by atoms with Gasteiger partial charge in [0.25, 0.3) is 0 Å². The molecule has 0 amide bonds. The molecule has 0 aliphatic heterocycles. The van der Waals surface area contributed by atoms with Gasteiger partial charge in [-0.05, 0) is 81.4 Å². The molecule has 2 aromatic heterocycles. The Kier molecular flexibility index (Phi) is 3.53. The Morgan fingerprint density at radius 3 is 2.48 bits per heavy atom. The van der Waals surface area contributed by atoms with Crippen molar-refractivity contribution in [1.29, 1.82) is 0 Å². The number of aromatic nitrogens is 3. The van der Waals surface area contributed by atoms with Gasteiger partial charge in [-0.15, -0.1) is 0 Å². The normalized spacial score (nSPS) is 30.2. The summed E-state index contributed by atoms with van der Waals surface area (Å²) < 4.78 is 6.99. The van der Waals surface area contributed by atoms with Crippen molar-refractivity contribution < 1.29 is 9.53 Å². The third-order valence-corrected chi connectivity index (χ3v) is 7.36. The van der Waals surface area contributed by atoms with Crippen LogP contribution in [0.2, 0.25) is 0 Å². The smallest absolute Gasteiger partial charge is 0.337 e. The number of nitrogens with zero attached hydrogens (tertiary/aromatic N) is 3. The van der Waals surface area contributed by atoms with Gasteiger partial charge in [0, 0.05) is 17.1 Å². The number of fused-ring (bicyclic) bond motifs is 3. The van der Waals surface area contributed by atoms with E-state index in [2.05, 4.69) is 15.9 Å². The topological polar surface area (TPSA) is 68.5 Å². The third-order valence-electron chi connectivity index (χ3n) is 7.36. The van der Waals surface area contributed by atoms with Crippen molar-refractivity contribution in [1.82, 2.24) is 14.4 Å². The van der Waals surface area contributed by atoms with E-state index in [0.29, 0.717) is 5.56 Å². The van der Waals surface area contributed by atoms with Crippen LogP contribution in [0.3, 0.4) is 0 Å². The number of rotatable bonds is 3. The van der Waals surface area contributed by atoms with Crippen LogP contribution in [-0.2, 0) is 4.74 Å². The Morgan fingerprint density at radius 1 is 1.14 bits per heavy atom. The van der Waals surface area contributed by atoms with E-state index in [4.69, 9.17) is 14.7 Å². The summed E-state index contributed by atoms with van der Waals surface area (Å²) >= 11 is 0. The lowest BCUT2D eigenvalue weighted by Gasteiger charge is -2.57. The fourth-order valence-corrected chi connectivity index (χ4v) is 6.66. The molecule has 0 atom stereocenters. The Hall–Kier alpha value is -2.63. The summed E-state index contributed by atoms with van der Waals surface area (Å²) in [4.78, 5) is 21.8. The van der Waals surface area contributed by atoms with Crippen molar-refractivity contribution in [3.8, 4) is 0 Å². The van der Waals surface area contributed by atoms with E-state index in [9.17, 15) is 4.79 Å². The van der Waals surface area contributed by atoms with Crippen molar-refractivity contribution >= 4 is 28.5 Å². The van der Waals surface area contributed by atoms with E-state index >= 15 is 0 Å². The second kappa shape index (κ2) is 5.94. The van der Waals surface area contributed by atoms with Crippen LogP contribution in [0.5, 0.6) is 0 Å². The average molecular weight is 390 g/mol. The minimum absolute atomic E-state index is 0.153. The molecule has 0 radical (unpaired) electrons. The number of methoxy groups -OCH3 is 1. The Bertz CT molecular complexity index is 1110. The lowest BCUT2D eigenvalue weighted by atomic mass is 9.53. The zero-order valence-electron chi connectivity index (χ0n) is 16.9. The molecular formula is C23H26N4O2. The van der Waals surface area contributed by atoms with Crippen LogP contribution in [0.25, 0.3) is 16.6 Å². The molecule has 2 heterocycles. The van der Waals surface area contributed by atoms with Gasteiger partial charge in [0.05, 0.1) is 23.9 Å². The summed E-state index contributed by atoms with van der Waals surface area (Å²) in [5, 5.41) is 4.84. The molecule has 4 aliphatic rings. The van der Waals surface area contributed by atoms with Gasteiger partial charge >= 0.3 is 5.97 Å². The minimum atomic E-state index is -0.344. The summed E-state index contributed by atoms with van der Waals surface area (Å²) in [6.45, 7) is 2.01. The zero-order valence-corrected chi connectivity index (χ0v) is 16.9. The van der Waals surface area contributed by atoms with E-state index in [1.54, 1.807) is 6.07 Å². The van der Waals surface area contributed by atoms with Crippen molar-refractivity contribution in [3.63, 3.8) is 0 Å². The number of anilines is 1. The maximum absolute atomic E-state index is 12.0. The Labute approximate surface area is 169 Å². The second-order valence-corrected chi connectivity index (χ2v) is 9.56. The molecule has 6 heteroatoms. The van der Waals surface area contributed by atoms with Crippen LogP contribution in [0.15, 0.2) is 24.4 Å². The monoisotopic (exact) mass is 390 g/mol. The van der Waals surface area contributed by atoms with E-state index < -0.39 is 0 Å². The maximum atomic E-state index is 12.0. The molecule has 1 aromatic carbocycles. The molecule has 29 heavy (non-hydrogen) atoms. The first kappa shape index (κ1) is 17.2. The number of benzene rings is 1. The van der Waals surface area contributed by atoms with Gasteiger partial charge < -0.3 is 10.1 Å². The molecule has 3 aromatic rings. The Morgan fingerprint density at radius 2 is 1.83 bits per heavy atom. The van der Waals surface area contributed by atoms with Crippen LogP contribution < -0.4 is 5.32 Å². The first-order valence-corrected chi connectivity index (χ1v) is 10.7. The third kappa shape index (κ3) is 2.65. The summed E-state index contributed by atoms with van der Waals surface area (Å²) in [5.74, 6) is 3.08. The second-order valence-electron chi connectivity index (χ2n) is 9.56. The highest BCUT2D eigenvalue weighted by Gasteiger charge is 2.51. The van der Waals surface area contributed by atoms with Crippen molar-refractivity contribution in [2.75, 3.05) is 12.4 Å². The molecule has 4 bridgehead atoms. The van der Waals surface area contributed by atoms with Crippen LogP contribution >= 0.6 is 0 Å². The van der Waals surface area contributed by atoms with Gasteiger partial charge in [0.2, 0.25) is 5.95 Å². The predicted molar refractivity (Wildman–Crippen MR) is 111 cm³/mol. The fraction of sp³-hybridized carbons (Fsp3) is 0.522. The number of aryl methyl sites for hydroxylation is 1. The molecular weight excluding hydrogens is 364 g/mol. The van der Waals surface area contributed by atoms with E-state index in [1.165, 1.54) is 45.6 Å². The first-order valence-electron chi connectivity index (χ1n) is 10.7. The fourth-order valence-electron chi connectivity index (χ4n) is 6.66. The van der Waals surface area contributed by atoms with E-state index in [1.807, 2.05) is 19.1 Å². The lowest BCUT2D eigenvalue weighted by Crippen LogP contribution is -2.55. The van der Waals surface area contributed by atoms with Crippen molar-refractivity contribution in [2.45, 2.75) is 51.0 Å². The molecule has 0 spiro atoms. The number of hydrogen-bond donors (Lipinski definition) is 1. The number of esters is 1. The number of nitrogens with one attached hydrogen (secondary N) is 1. The van der Waals surface area contributed by atoms with Crippen molar-refractivity contribution in [3.05, 3.63) is 35.7 Å². The summed E-state index contributed by atoms with van der Waals surface area (Å²) in [6.07, 6.45) is 10.0. The standard InChI is InChI=1S/C23H26N4O2/c1-13-12-27-20(24-13)18-4-3-17(21(28)29-2)8-19(18)25-22(27)26-23-9-14-5-15(10-23)7-16(6-14)11-23/h3-4,8,12,14-16H,5-7,9-11H2,1-2H3,(H,25,26). The zero-order chi connectivity index (χ0) is 19.8. The first-order chi connectivity index (χ1) is 14.0. The van der Waals surface area contributed by atoms with Crippen LogP contribution in [-0.4, -0.2) is 33.0 Å². The number of carbonyl (C=O) groups excluding carboxylic acids is 1. The predicted octanol–water partition coefficient (Wildman–Crippen LogP) is 4.36. The minimum Gasteiger partial charge on any atom is -0.465 e. The highest BCUT2D eigenvalue weighted by molar-refractivity contribution is 5.98. The lowest BCUT2D eigenvalue weighted by molar-refractivity contribution is 0.0103. The number of imidazole rings is 1. The van der Waals surface area contributed by atoms with E-state index in [0.717, 1.165) is 45.9 Å². The van der Waals surface area contributed by atoms with Gasteiger partial charge in [-0.25, -0.2) is 14.8 Å². The highest BCUT2D eigenvalue weighted by Crippen LogP contribution is 2.56. The van der Waals surface area contributed by atoms with Gasteiger partial charge in [0.15, 0.2) is 0 Å². The molecule has 4 fully saturated rings. The molecule has 7 rings (SSSR count). The molecule has 0 unspecified atom stereocenters. The molecule has 0 saturated heterocycles. The average Bonchev–Trinajstić information content (AvgIpc) is 3.07. The van der Waals surface area contributed by atoms with Crippen LogP contribution in [0, 0.1) is 24.7 Å². The van der Waals surface area contributed by atoms with Crippen LogP contribution in [0.1, 0.15) is 54.6 Å². The number of hydrogen-bond acceptors (Lipinski definition) is 5. The number of carbonyl (C=O) groups is 1. The number of ether oxygens (including phenoxy) is 1. The summed E-state index contributed by atoms with van der Waals surface area (Å²) in [7, 11) is 1.40. The maximum Gasteiger partial charge on any atom is 0.337 e. The van der Waals surface area contributed by atoms with Gasteiger partial charge in [-0.3, -0.25) is 4.40 Å². The SMILES string of the molecule is COC(=O)c1ccc2c(c1)nc(NC13CC4CC(CC(C4)C1)C3)n1cc(C)nc21. The quantitative estimate of drug-likeness (QED) is 0.673. The Balaban J connectivity index is 1.49. The van der Waals surface area contributed by atoms with Crippen molar-refractivity contribution in [2.24, 2.45) is 17.8 Å². The van der Waals surface area contributed by atoms with Crippen LogP contribution in [0.4, 0.5) is 5.95 Å². The summed E-state index contributed by atoms with van der Waals surface area (Å²) in [5.41, 5.74) is 3.29. The highest BCUT2D eigenvalue weighted by atomic mass is 16.5.